The summed E-state index contributed by atoms with van der Waals surface area (Å²) in [6, 6.07) is 9.78. The summed E-state index contributed by atoms with van der Waals surface area (Å²) in [5.74, 6) is -6.14. The SMILES string of the molecule is CC[C@@H](C)[C@@H]([C@@H](CC(=O)N1CCC[C@H]1[C@H](OC)[C@@H](C)C(=O)N[C@@H](C)[C@H](O)c1ccccc1)OC)N(C)C(=O)[C@@H](NC(=O)[C@H](C(C)C)N(CCc1ccc(NC(=O)[C@@H](C)NC(=O)[C@H](NC(=O)CCCCCN2C(=O)C(Br)=C(Br)C2=O)C(C)C)cc1)C(=O)O)C(C)C. The fraction of sp³-hybridized carbons (Fsp3) is 0.631. The molecule has 2 aliphatic rings. The lowest BCUT2D eigenvalue weighted by Gasteiger charge is -2.41. The molecule has 2 aromatic carbocycles. The van der Waals surface area contributed by atoms with Crippen molar-refractivity contribution in [2.75, 3.05) is 46.2 Å². The minimum Gasteiger partial charge on any atom is -0.465 e. The number of hydrogen-bond donors (Lipinski definition) is 7. The van der Waals surface area contributed by atoms with Crippen molar-refractivity contribution >= 4 is 96.8 Å². The van der Waals surface area contributed by atoms with Crippen LogP contribution in [0.4, 0.5) is 10.5 Å². The van der Waals surface area contributed by atoms with E-state index in [1.54, 1.807) is 104 Å². The van der Waals surface area contributed by atoms with Crippen molar-refractivity contribution in [2.24, 2.45) is 29.6 Å². The van der Waals surface area contributed by atoms with Gasteiger partial charge in [-0.05, 0) is 125 Å². The Morgan fingerprint density at radius 2 is 1.33 bits per heavy atom. The number of aliphatic hydroxyl groups excluding tert-OH is 1. The average molecular weight is 1390 g/mol. The van der Waals surface area contributed by atoms with Gasteiger partial charge in [-0.2, -0.15) is 0 Å². The molecule has 0 bridgehead atoms. The number of unbranched alkanes of at least 4 members (excludes halogenated alkanes) is 2. The van der Waals surface area contributed by atoms with E-state index in [1.165, 1.54) is 26.0 Å². The first-order valence-electron chi connectivity index (χ1n) is 31.3. The molecule has 0 spiro atoms. The largest absolute Gasteiger partial charge is 0.465 e. The Morgan fingerprint density at radius 1 is 0.722 bits per heavy atom. The second kappa shape index (κ2) is 36.1. The van der Waals surface area contributed by atoms with Gasteiger partial charge in [0.15, 0.2) is 0 Å². The lowest BCUT2D eigenvalue weighted by molar-refractivity contribution is -0.148. The number of anilines is 1. The number of nitrogens with one attached hydrogen (secondary N) is 5. The van der Waals surface area contributed by atoms with E-state index < -0.39 is 120 Å². The number of likely N-dealkylation sites (tertiary alicyclic amines) is 1. The van der Waals surface area contributed by atoms with Gasteiger partial charge in [-0.3, -0.25) is 53.0 Å². The molecule has 0 radical (unpaired) electrons. The van der Waals surface area contributed by atoms with E-state index in [0.29, 0.717) is 61.9 Å². The summed E-state index contributed by atoms with van der Waals surface area (Å²) in [7, 11) is 4.62. The van der Waals surface area contributed by atoms with Gasteiger partial charge >= 0.3 is 6.09 Å². The molecule has 23 nitrogen and oxygen atoms in total. The average Bonchev–Trinajstić information content (AvgIpc) is 1.51. The molecule has 25 heteroatoms. The number of halogens is 2. The van der Waals surface area contributed by atoms with Crippen molar-refractivity contribution in [1.29, 1.82) is 0 Å². The van der Waals surface area contributed by atoms with Crippen molar-refractivity contribution in [3.05, 3.63) is 74.7 Å². The molecule has 7 N–H and O–H groups in total. The predicted molar refractivity (Wildman–Crippen MR) is 348 cm³/mol. The Labute approximate surface area is 547 Å². The highest BCUT2D eigenvalue weighted by Crippen LogP contribution is 2.32. The van der Waals surface area contributed by atoms with Crippen LogP contribution in [0, 0.1) is 29.6 Å². The second-order valence-electron chi connectivity index (χ2n) is 24.8. The van der Waals surface area contributed by atoms with E-state index in [0.717, 1.165) is 9.80 Å². The monoisotopic (exact) mass is 1390 g/mol. The number of carboxylic acid groups (broad SMARTS) is 1. The van der Waals surface area contributed by atoms with Gasteiger partial charge in [-0.1, -0.05) is 118 Å². The maximum absolute atomic E-state index is 14.8. The Morgan fingerprint density at radius 3 is 1.88 bits per heavy atom. The number of hydrogen-bond acceptors (Lipinski definition) is 13. The molecule has 10 amide bonds. The third-order valence-corrected chi connectivity index (χ3v) is 19.2. The zero-order valence-corrected chi connectivity index (χ0v) is 57.9. The number of carbonyl (C=O) groups excluding carboxylic acids is 9. The van der Waals surface area contributed by atoms with Gasteiger partial charge in [0.2, 0.25) is 41.4 Å². The molecular weight excluding hydrogens is 1290 g/mol. The summed E-state index contributed by atoms with van der Waals surface area (Å²) in [5, 5.41) is 35.6. The van der Waals surface area contributed by atoms with Crippen molar-refractivity contribution < 1.29 is 67.6 Å². The standard InChI is InChI=1S/C65H97Br2N9O14/c1-15-39(8)55(47(89-13)35-49(78)74-33-22-25-46(74)57(90-14)40(9)58(80)68-41(10)56(79)44-23-18-16-19-24-44)73(12)64(86)53(37(4)5)72-61(83)54(38(6)7)75(65(87)88)34-31-43-27-29-45(30-28-43)70-59(81)42(11)69-60(82)52(36(2)3)71-48(77)26-20-17-21-32-76-62(84)50(66)51(67)63(76)85/h16,18-19,23-24,27-30,36-42,46-47,52-57,79H,15,17,20-22,25-26,31-35H2,1-14H3,(H,68,80)(H,69,82)(H,70,81)(H,71,77)(H,72,83)(H,87,88)/t39-,40-,41+,42-,46+,47-,52-,53+,54+,55+,56+,57-/m1/s1. The van der Waals surface area contributed by atoms with Crippen LogP contribution in [-0.2, 0) is 59.0 Å². The summed E-state index contributed by atoms with van der Waals surface area (Å²) < 4.78 is 12.4. The lowest BCUT2D eigenvalue weighted by Crippen LogP contribution is -2.60. The first-order chi connectivity index (χ1) is 42.4. The number of amides is 10. The molecule has 12 atom stereocenters. The molecule has 0 saturated carbocycles. The number of nitrogens with zero attached hydrogens (tertiary/aromatic N) is 4. The number of carbonyl (C=O) groups is 10. The summed E-state index contributed by atoms with van der Waals surface area (Å²) in [5.41, 5.74) is 1.75. The molecule has 4 rings (SSSR count). The smallest absolute Gasteiger partial charge is 0.407 e. The lowest BCUT2D eigenvalue weighted by atomic mass is 9.89. The minimum absolute atomic E-state index is 0.0986. The molecule has 0 unspecified atom stereocenters. The molecule has 2 heterocycles. The number of imide groups is 1. The highest BCUT2D eigenvalue weighted by molar-refractivity contribution is 9.14. The molecule has 90 heavy (non-hydrogen) atoms. The Hall–Kier alpha value is -6.28. The Kier molecular flexibility index (Phi) is 30.5. The number of methoxy groups -OCH3 is 2. The first kappa shape index (κ1) is 76.2. The highest BCUT2D eigenvalue weighted by atomic mass is 79.9. The van der Waals surface area contributed by atoms with E-state index in [2.05, 4.69) is 58.4 Å². The Balaban J connectivity index is 1.35. The summed E-state index contributed by atoms with van der Waals surface area (Å²) in [6.07, 6.45) is -0.180. The third kappa shape index (κ3) is 20.6. The van der Waals surface area contributed by atoms with Gasteiger partial charge in [-0.25, -0.2) is 4.79 Å². The van der Waals surface area contributed by atoms with Crippen LogP contribution in [0.15, 0.2) is 63.6 Å². The van der Waals surface area contributed by atoms with Crippen LogP contribution in [0.1, 0.15) is 145 Å². The molecule has 1 fully saturated rings. The molecule has 0 aliphatic carbocycles. The highest BCUT2D eigenvalue weighted by Gasteiger charge is 2.44. The van der Waals surface area contributed by atoms with E-state index in [9.17, 15) is 58.2 Å². The number of rotatable bonds is 35. The van der Waals surface area contributed by atoms with Crippen LogP contribution >= 0.6 is 31.9 Å². The predicted octanol–water partition coefficient (Wildman–Crippen LogP) is 7.05. The normalized spacial score (nSPS) is 18.0. The van der Waals surface area contributed by atoms with Crippen molar-refractivity contribution in [3.8, 4) is 0 Å². The Bertz CT molecular complexity index is 2800. The van der Waals surface area contributed by atoms with Gasteiger partial charge in [0, 0.05) is 53.0 Å². The van der Waals surface area contributed by atoms with Crippen LogP contribution in [0.25, 0.3) is 0 Å². The van der Waals surface area contributed by atoms with Crippen molar-refractivity contribution in [1.82, 2.24) is 40.9 Å². The van der Waals surface area contributed by atoms with Gasteiger partial charge in [0.05, 0.1) is 48.8 Å². The van der Waals surface area contributed by atoms with Crippen LogP contribution in [0.3, 0.4) is 0 Å². The maximum atomic E-state index is 14.8. The van der Waals surface area contributed by atoms with Crippen LogP contribution in [0.5, 0.6) is 0 Å². The molecule has 2 aliphatic heterocycles. The molecule has 2 aromatic rings. The fourth-order valence-electron chi connectivity index (χ4n) is 11.7. The summed E-state index contributed by atoms with van der Waals surface area (Å²) in [4.78, 5) is 140. The third-order valence-electron chi connectivity index (χ3n) is 17.2. The zero-order valence-electron chi connectivity index (χ0n) is 54.7. The van der Waals surface area contributed by atoms with Crippen molar-refractivity contribution in [3.63, 3.8) is 0 Å². The number of benzene rings is 2. The van der Waals surface area contributed by atoms with Crippen LogP contribution in [0.2, 0.25) is 0 Å². The van der Waals surface area contributed by atoms with E-state index in [4.69, 9.17) is 9.47 Å². The van der Waals surface area contributed by atoms with Crippen LogP contribution in [-0.4, -0.2) is 184 Å². The summed E-state index contributed by atoms with van der Waals surface area (Å²) in [6.45, 7) is 20.0. The second-order valence-corrected chi connectivity index (χ2v) is 26.4. The molecule has 500 valence electrons. The van der Waals surface area contributed by atoms with E-state index in [1.807, 2.05) is 32.0 Å². The maximum Gasteiger partial charge on any atom is 0.407 e. The number of aliphatic hydroxyl groups is 1. The fourth-order valence-corrected chi connectivity index (χ4v) is 12.4. The van der Waals surface area contributed by atoms with Gasteiger partial charge in [0.1, 0.15) is 33.1 Å². The van der Waals surface area contributed by atoms with Crippen LogP contribution < -0.4 is 26.6 Å². The zero-order chi connectivity index (χ0) is 67.4. The first-order valence-corrected chi connectivity index (χ1v) is 32.9. The van der Waals surface area contributed by atoms with Crippen molar-refractivity contribution in [2.45, 2.75) is 195 Å². The minimum atomic E-state index is -1.34. The topological polar surface area (TPSA) is 303 Å². The van der Waals surface area contributed by atoms with Gasteiger partial charge < -0.3 is 56.1 Å². The van der Waals surface area contributed by atoms with E-state index >= 15 is 0 Å². The quantitative estimate of drug-likeness (QED) is 0.0269. The molecular formula is C65H97Br2N9O14. The molecule has 1 saturated heterocycles. The molecule has 0 aromatic heterocycles. The van der Waals surface area contributed by atoms with Gasteiger partial charge in [-0.15, -0.1) is 0 Å². The number of ether oxygens (including phenoxy) is 2. The van der Waals surface area contributed by atoms with Gasteiger partial charge in [0.25, 0.3) is 11.8 Å². The van der Waals surface area contributed by atoms with E-state index in [-0.39, 0.29) is 70.9 Å². The number of likely N-dealkylation sites (N-methyl/N-ethyl adjacent to an activating group) is 1. The summed E-state index contributed by atoms with van der Waals surface area (Å²) >= 11 is 6.21.